The number of unbranched alkanes of at least 4 members (excludes halogenated alkanes) is 1. The van der Waals surface area contributed by atoms with Crippen LogP contribution < -0.4 is 0 Å². The smallest absolute Gasteiger partial charge is 0.134 e. The summed E-state index contributed by atoms with van der Waals surface area (Å²) in [5, 5.41) is 0. The van der Waals surface area contributed by atoms with Crippen molar-refractivity contribution in [3.05, 3.63) is 59.2 Å². The van der Waals surface area contributed by atoms with Crippen LogP contribution in [0.5, 0.6) is 0 Å². The summed E-state index contributed by atoms with van der Waals surface area (Å²) < 4.78 is 56.2. The van der Waals surface area contributed by atoms with Gasteiger partial charge in [-0.05, 0) is 72.4 Å². The normalized spacial score (nSPS) is 20.6. The Hall–Kier alpha value is -1.84. The summed E-state index contributed by atoms with van der Waals surface area (Å²) >= 11 is 0. The van der Waals surface area contributed by atoms with Gasteiger partial charge in [0.05, 0.1) is 5.56 Å². The minimum Gasteiger partial charge on any atom is -0.207 e. The molecule has 0 radical (unpaired) electrons. The Bertz CT molecular complexity index is 778. The van der Waals surface area contributed by atoms with Crippen LogP contribution in [0, 0.1) is 41.0 Å². The SMILES string of the molecule is CCCCC1CCC(C(C)Cc2cc(F)c(-c3cc(F)cc(F)c3)c(F)c2)CC1. The second-order valence-corrected chi connectivity index (χ2v) is 8.70. The maximum Gasteiger partial charge on any atom is 0.134 e. The molecule has 0 bridgehead atoms. The van der Waals surface area contributed by atoms with E-state index in [1.54, 1.807) is 0 Å². The van der Waals surface area contributed by atoms with E-state index >= 15 is 0 Å². The van der Waals surface area contributed by atoms with Gasteiger partial charge in [-0.25, -0.2) is 17.6 Å². The van der Waals surface area contributed by atoms with E-state index in [0.717, 1.165) is 18.1 Å². The highest BCUT2D eigenvalue weighted by Crippen LogP contribution is 2.37. The molecule has 0 heterocycles. The third kappa shape index (κ3) is 5.61. The topological polar surface area (TPSA) is 0 Å². The van der Waals surface area contributed by atoms with Crippen LogP contribution >= 0.6 is 0 Å². The summed E-state index contributed by atoms with van der Waals surface area (Å²) in [5.41, 5.74) is 0.0972. The first-order valence-electron chi connectivity index (χ1n) is 10.8. The second-order valence-electron chi connectivity index (χ2n) is 8.70. The lowest BCUT2D eigenvalue weighted by molar-refractivity contribution is 0.204. The molecule has 0 spiro atoms. The largest absolute Gasteiger partial charge is 0.207 e. The number of rotatable bonds is 7. The lowest BCUT2D eigenvalue weighted by Gasteiger charge is -2.32. The summed E-state index contributed by atoms with van der Waals surface area (Å²) in [6, 6.07) is 5.20. The minimum absolute atomic E-state index is 0.123. The Morgan fingerprint density at radius 2 is 1.45 bits per heavy atom. The quantitative estimate of drug-likeness (QED) is 0.408. The molecule has 1 saturated carbocycles. The predicted octanol–water partition coefficient (Wildman–Crippen LogP) is 8.09. The van der Waals surface area contributed by atoms with E-state index in [1.807, 2.05) is 0 Å². The van der Waals surface area contributed by atoms with E-state index in [0.29, 0.717) is 29.9 Å². The Balaban J connectivity index is 1.68. The van der Waals surface area contributed by atoms with E-state index < -0.39 is 23.3 Å². The van der Waals surface area contributed by atoms with Crippen LogP contribution in [0.1, 0.15) is 64.4 Å². The van der Waals surface area contributed by atoms with Gasteiger partial charge in [-0.1, -0.05) is 46.0 Å². The van der Waals surface area contributed by atoms with E-state index in [1.165, 1.54) is 57.1 Å². The van der Waals surface area contributed by atoms with Crippen LogP contribution in [0.4, 0.5) is 17.6 Å². The molecule has 0 amide bonds. The van der Waals surface area contributed by atoms with Crippen molar-refractivity contribution in [3.8, 4) is 11.1 Å². The molecule has 0 aromatic heterocycles. The number of benzene rings is 2. The van der Waals surface area contributed by atoms with Gasteiger partial charge in [0.1, 0.15) is 23.3 Å². The summed E-state index contributed by atoms with van der Waals surface area (Å²) in [4.78, 5) is 0. The molecule has 158 valence electrons. The zero-order chi connectivity index (χ0) is 21.0. The van der Waals surface area contributed by atoms with Crippen molar-refractivity contribution >= 4 is 0 Å². The van der Waals surface area contributed by atoms with Gasteiger partial charge in [0.2, 0.25) is 0 Å². The van der Waals surface area contributed by atoms with Crippen molar-refractivity contribution in [2.24, 2.45) is 17.8 Å². The Morgan fingerprint density at radius 3 is 2.00 bits per heavy atom. The van der Waals surface area contributed by atoms with Gasteiger partial charge in [0, 0.05) is 6.07 Å². The van der Waals surface area contributed by atoms with E-state index in [-0.39, 0.29) is 11.1 Å². The first-order valence-corrected chi connectivity index (χ1v) is 10.8. The predicted molar refractivity (Wildman–Crippen MR) is 110 cm³/mol. The lowest BCUT2D eigenvalue weighted by atomic mass is 9.73. The van der Waals surface area contributed by atoms with Crippen molar-refractivity contribution < 1.29 is 17.6 Å². The Morgan fingerprint density at radius 1 is 0.862 bits per heavy atom. The van der Waals surface area contributed by atoms with Gasteiger partial charge < -0.3 is 0 Å². The molecule has 0 nitrogen and oxygen atoms in total. The number of hydrogen-bond acceptors (Lipinski definition) is 0. The molecule has 1 unspecified atom stereocenters. The highest BCUT2D eigenvalue weighted by Gasteiger charge is 2.25. The summed E-state index contributed by atoms with van der Waals surface area (Å²) in [5.74, 6) is -1.51. The highest BCUT2D eigenvalue weighted by molar-refractivity contribution is 5.65. The fourth-order valence-corrected chi connectivity index (χ4v) is 4.79. The second kappa shape index (κ2) is 9.77. The first kappa shape index (κ1) is 21.9. The molecule has 1 aliphatic rings. The van der Waals surface area contributed by atoms with Crippen molar-refractivity contribution in [2.45, 2.75) is 65.2 Å². The van der Waals surface area contributed by atoms with Crippen LogP contribution in [0.3, 0.4) is 0 Å². The maximum absolute atomic E-state index is 14.6. The fraction of sp³-hybridized carbons (Fsp3) is 0.520. The summed E-state index contributed by atoms with van der Waals surface area (Å²) in [7, 11) is 0. The Labute approximate surface area is 171 Å². The molecule has 0 saturated heterocycles. The molecule has 0 aliphatic heterocycles. The van der Waals surface area contributed by atoms with Gasteiger partial charge in [0.15, 0.2) is 0 Å². The van der Waals surface area contributed by atoms with E-state index in [4.69, 9.17) is 0 Å². The molecule has 2 aromatic rings. The van der Waals surface area contributed by atoms with Crippen molar-refractivity contribution in [1.82, 2.24) is 0 Å². The number of halogens is 4. The minimum atomic E-state index is -0.856. The van der Waals surface area contributed by atoms with Crippen molar-refractivity contribution in [3.63, 3.8) is 0 Å². The first-order chi connectivity index (χ1) is 13.9. The molecular weight excluding hydrogens is 376 g/mol. The van der Waals surface area contributed by atoms with Gasteiger partial charge in [-0.2, -0.15) is 0 Å². The molecule has 4 heteroatoms. The van der Waals surface area contributed by atoms with E-state index in [9.17, 15) is 17.6 Å². The van der Waals surface area contributed by atoms with Crippen LogP contribution in [0.2, 0.25) is 0 Å². The van der Waals surface area contributed by atoms with Crippen molar-refractivity contribution in [2.75, 3.05) is 0 Å². The standard InChI is InChI=1S/C25H30F4/c1-3-4-5-17-6-8-19(9-7-17)16(2)10-18-11-23(28)25(24(29)12-18)20-13-21(26)15-22(27)14-20/h11-17,19H,3-10H2,1-2H3. The lowest BCUT2D eigenvalue weighted by Crippen LogP contribution is -2.21. The van der Waals surface area contributed by atoms with Crippen LogP contribution in [-0.4, -0.2) is 0 Å². The monoisotopic (exact) mass is 406 g/mol. The van der Waals surface area contributed by atoms with E-state index in [2.05, 4.69) is 13.8 Å². The van der Waals surface area contributed by atoms with Gasteiger partial charge in [-0.15, -0.1) is 0 Å². The zero-order valence-electron chi connectivity index (χ0n) is 17.3. The number of hydrogen-bond donors (Lipinski definition) is 0. The molecular formula is C25H30F4. The molecule has 0 N–H and O–H groups in total. The van der Waals surface area contributed by atoms with Gasteiger partial charge >= 0.3 is 0 Å². The third-order valence-electron chi connectivity index (χ3n) is 6.47. The molecule has 1 fully saturated rings. The molecule has 2 aromatic carbocycles. The molecule has 1 atom stereocenters. The van der Waals surface area contributed by atoms with Gasteiger partial charge in [0.25, 0.3) is 0 Å². The molecule has 3 rings (SSSR count). The Kier molecular flexibility index (Phi) is 7.37. The maximum atomic E-state index is 14.6. The molecule has 1 aliphatic carbocycles. The van der Waals surface area contributed by atoms with Crippen molar-refractivity contribution in [1.29, 1.82) is 0 Å². The summed E-state index contributed by atoms with van der Waals surface area (Å²) in [6.45, 7) is 4.38. The third-order valence-corrected chi connectivity index (χ3v) is 6.47. The fourth-order valence-electron chi connectivity index (χ4n) is 4.79. The van der Waals surface area contributed by atoms with Crippen LogP contribution in [-0.2, 0) is 6.42 Å². The van der Waals surface area contributed by atoms with Crippen LogP contribution in [0.15, 0.2) is 30.3 Å². The average Bonchev–Trinajstić information content (AvgIpc) is 2.65. The highest BCUT2D eigenvalue weighted by atomic mass is 19.1. The van der Waals surface area contributed by atoms with Gasteiger partial charge in [-0.3, -0.25) is 0 Å². The van der Waals surface area contributed by atoms with Crippen LogP contribution in [0.25, 0.3) is 11.1 Å². The average molecular weight is 407 g/mol. The summed E-state index contributed by atoms with van der Waals surface area (Å²) in [6.07, 6.45) is 9.33. The zero-order valence-corrected chi connectivity index (χ0v) is 17.3. The molecule has 29 heavy (non-hydrogen) atoms.